The van der Waals surface area contributed by atoms with Crippen LogP contribution in [0.2, 0.25) is 38.3 Å². The van der Waals surface area contributed by atoms with E-state index in [-0.39, 0.29) is 10.6 Å². The first-order valence-electron chi connectivity index (χ1n) is 6.70. The molecule has 6 heteroatoms. The highest BCUT2D eigenvalue weighted by Gasteiger charge is 2.48. The first-order chi connectivity index (χ1) is 8.65. The number of hydrogen-bond donors (Lipinski definition) is 0. The van der Waals surface area contributed by atoms with Gasteiger partial charge in [-0.15, -0.1) is 0 Å². The summed E-state index contributed by atoms with van der Waals surface area (Å²) in [6.45, 7) is 11.6. The number of aryl methyl sites for hydroxylation is 1. The number of nitro benzene ring substituents is 1. The summed E-state index contributed by atoms with van der Waals surface area (Å²) in [4.78, 5) is 10.7. The van der Waals surface area contributed by atoms with Crippen LogP contribution in [-0.2, 0) is 0 Å². The number of non-ortho nitro benzene ring substituents is 1. The van der Waals surface area contributed by atoms with Crippen LogP contribution >= 0.6 is 0 Å². The molecule has 1 aromatic rings. The zero-order chi connectivity index (χ0) is 14.4. The van der Waals surface area contributed by atoms with Crippen LogP contribution in [0.4, 0.5) is 11.4 Å². The third-order valence-corrected chi connectivity index (χ3v) is 14.2. The molecule has 1 heterocycles. The van der Waals surface area contributed by atoms with Gasteiger partial charge in [-0.2, -0.15) is 0 Å². The fraction of sp³-hybridized carbons (Fsp3) is 0.538. The SMILES string of the molecule is Cc1ccc([N+](=O)[O-])cc1N1[Si](C)(C)CC[Si]1(C)C. The smallest absolute Gasteiger partial charge is 0.271 e. The van der Waals surface area contributed by atoms with Gasteiger partial charge in [0.25, 0.3) is 5.69 Å². The Hall–Kier alpha value is -1.15. The van der Waals surface area contributed by atoms with E-state index < -0.39 is 16.5 Å². The molecular formula is C13H22N2O2Si2. The molecule has 0 saturated carbocycles. The summed E-state index contributed by atoms with van der Waals surface area (Å²) in [6.07, 6.45) is 0. The molecular weight excluding hydrogens is 272 g/mol. The number of nitro groups is 1. The summed E-state index contributed by atoms with van der Waals surface area (Å²) in [5.41, 5.74) is 2.48. The Morgan fingerprint density at radius 3 is 2.16 bits per heavy atom. The van der Waals surface area contributed by atoms with E-state index in [1.807, 2.05) is 6.07 Å². The predicted octanol–water partition coefficient (Wildman–Crippen LogP) is 4.13. The van der Waals surface area contributed by atoms with Crippen LogP contribution in [0.15, 0.2) is 18.2 Å². The molecule has 1 aromatic carbocycles. The topological polar surface area (TPSA) is 46.4 Å². The second kappa shape index (κ2) is 4.45. The monoisotopic (exact) mass is 294 g/mol. The molecule has 19 heavy (non-hydrogen) atoms. The summed E-state index contributed by atoms with van der Waals surface area (Å²) < 4.78 is 2.63. The molecule has 1 saturated heterocycles. The molecule has 0 N–H and O–H groups in total. The molecule has 0 unspecified atom stereocenters. The molecule has 0 spiro atoms. The van der Waals surface area contributed by atoms with Gasteiger partial charge in [0, 0.05) is 17.8 Å². The molecule has 1 aliphatic rings. The fourth-order valence-electron chi connectivity index (χ4n) is 3.26. The standard InChI is InChI=1S/C13H22N2O2Si2/c1-11-6-7-12(14(16)17)10-13(11)15-18(2,3)8-9-19(15,4)5/h6-7,10H,8-9H2,1-5H3. The summed E-state index contributed by atoms with van der Waals surface area (Å²) in [7, 11) is -2.92. The molecule has 1 fully saturated rings. The lowest BCUT2D eigenvalue weighted by molar-refractivity contribution is -0.384. The van der Waals surface area contributed by atoms with Gasteiger partial charge < -0.3 is 4.23 Å². The van der Waals surface area contributed by atoms with E-state index in [0.717, 1.165) is 11.3 Å². The van der Waals surface area contributed by atoms with Gasteiger partial charge in [-0.25, -0.2) is 0 Å². The fourth-order valence-corrected chi connectivity index (χ4v) is 17.6. The maximum Gasteiger partial charge on any atom is 0.271 e. The van der Waals surface area contributed by atoms with Crippen molar-refractivity contribution < 1.29 is 4.92 Å². The number of rotatable bonds is 2. The first-order valence-corrected chi connectivity index (χ1v) is 13.0. The van der Waals surface area contributed by atoms with Gasteiger partial charge in [-0.3, -0.25) is 10.1 Å². The molecule has 2 rings (SSSR count). The highest BCUT2D eigenvalue weighted by Crippen LogP contribution is 2.42. The van der Waals surface area contributed by atoms with Crippen molar-refractivity contribution in [2.75, 3.05) is 4.23 Å². The molecule has 0 radical (unpaired) electrons. The van der Waals surface area contributed by atoms with E-state index in [0.29, 0.717) is 0 Å². The quantitative estimate of drug-likeness (QED) is 0.468. The largest absolute Gasteiger partial charge is 0.424 e. The van der Waals surface area contributed by atoms with Crippen LogP contribution in [-0.4, -0.2) is 21.4 Å². The van der Waals surface area contributed by atoms with E-state index >= 15 is 0 Å². The van der Waals surface area contributed by atoms with Gasteiger partial charge in [0.05, 0.1) is 4.92 Å². The molecule has 1 aliphatic heterocycles. The normalized spacial score (nSPS) is 20.6. The Balaban J connectivity index is 2.56. The second-order valence-corrected chi connectivity index (χ2v) is 16.3. The molecule has 0 atom stereocenters. The Morgan fingerprint density at radius 2 is 1.68 bits per heavy atom. The van der Waals surface area contributed by atoms with Gasteiger partial charge in [-0.1, -0.05) is 32.3 Å². The van der Waals surface area contributed by atoms with Crippen LogP contribution in [0.1, 0.15) is 5.56 Å². The van der Waals surface area contributed by atoms with Crippen molar-refractivity contribution in [3.63, 3.8) is 0 Å². The number of benzene rings is 1. The molecule has 4 nitrogen and oxygen atoms in total. The van der Waals surface area contributed by atoms with Crippen molar-refractivity contribution in [3.05, 3.63) is 33.9 Å². The van der Waals surface area contributed by atoms with Gasteiger partial charge in [0.2, 0.25) is 0 Å². The zero-order valence-corrected chi connectivity index (χ0v) is 14.4. The third-order valence-electron chi connectivity index (χ3n) is 4.20. The maximum absolute atomic E-state index is 11.0. The lowest BCUT2D eigenvalue weighted by atomic mass is 10.2. The number of nitrogens with zero attached hydrogens (tertiary/aromatic N) is 2. The molecule has 0 bridgehead atoms. The van der Waals surface area contributed by atoms with Crippen LogP contribution in [0.3, 0.4) is 0 Å². The van der Waals surface area contributed by atoms with E-state index in [1.165, 1.54) is 12.1 Å². The summed E-state index contributed by atoms with van der Waals surface area (Å²) >= 11 is 0. The second-order valence-electron chi connectivity index (χ2n) is 6.69. The van der Waals surface area contributed by atoms with Crippen LogP contribution in [0.25, 0.3) is 0 Å². The average Bonchev–Trinajstić information content (AvgIpc) is 2.50. The Kier molecular flexibility index (Phi) is 3.34. The number of anilines is 1. The van der Waals surface area contributed by atoms with Crippen molar-refractivity contribution in [1.29, 1.82) is 0 Å². The highest BCUT2D eigenvalue weighted by molar-refractivity contribution is 7.04. The van der Waals surface area contributed by atoms with E-state index in [4.69, 9.17) is 0 Å². The molecule has 0 amide bonds. The van der Waals surface area contributed by atoms with Crippen molar-refractivity contribution in [1.82, 2.24) is 0 Å². The maximum atomic E-state index is 11.0. The van der Waals surface area contributed by atoms with Crippen LogP contribution in [0.5, 0.6) is 0 Å². The molecule has 0 aromatic heterocycles. The van der Waals surface area contributed by atoms with Crippen LogP contribution < -0.4 is 4.23 Å². The Labute approximate surface area is 116 Å². The summed E-state index contributed by atoms with van der Waals surface area (Å²) in [5, 5.41) is 11.0. The van der Waals surface area contributed by atoms with Crippen molar-refractivity contribution in [2.45, 2.75) is 45.2 Å². The predicted molar refractivity (Wildman–Crippen MR) is 84.9 cm³/mol. The van der Waals surface area contributed by atoms with E-state index in [9.17, 15) is 10.1 Å². The average molecular weight is 295 g/mol. The van der Waals surface area contributed by atoms with Gasteiger partial charge in [0.15, 0.2) is 0 Å². The van der Waals surface area contributed by atoms with Crippen molar-refractivity contribution in [2.24, 2.45) is 0 Å². The highest BCUT2D eigenvalue weighted by atomic mass is 28.4. The zero-order valence-electron chi connectivity index (χ0n) is 12.4. The minimum atomic E-state index is -1.46. The molecule has 0 aliphatic carbocycles. The van der Waals surface area contributed by atoms with Gasteiger partial charge in [0.1, 0.15) is 16.5 Å². The summed E-state index contributed by atoms with van der Waals surface area (Å²) in [5.74, 6) is 0. The minimum Gasteiger partial charge on any atom is -0.424 e. The summed E-state index contributed by atoms with van der Waals surface area (Å²) in [6, 6.07) is 7.88. The number of hydrogen-bond acceptors (Lipinski definition) is 3. The Bertz CT molecular complexity index is 513. The van der Waals surface area contributed by atoms with Crippen molar-refractivity contribution in [3.8, 4) is 0 Å². The minimum absolute atomic E-state index is 0.210. The van der Waals surface area contributed by atoms with Crippen molar-refractivity contribution >= 4 is 27.8 Å². The lowest BCUT2D eigenvalue weighted by Gasteiger charge is -2.42. The lowest BCUT2D eigenvalue weighted by Crippen LogP contribution is -2.55. The first kappa shape index (κ1) is 14.3. The van der Waals surface area contributed by atoms with Gasteiger partial charge in [-0.05, 0) is 24.6 Å². The van der Waals surface area contributed by atoms with Gasteiger partial charge >= 0.3 is 0 Å². The van der Waals surface area contributed by atoms with E-state index in [1.54, 1.807) is 12.1 Å². The Morgan fingerprint density at radius 1 is 1.16 bits per heavy atom. The molecule has 104 valence electrons. The van der Waals surface area contributed by atoms with Crippen LogP contribution in [0, 0.1) is 17.0 Å². The third kappa shape index (κ3) is 2.46. The van der Waals surface area contributed by atoms with E-state index in [2.05, 4.69) is 37.3 Å².